The summed E-state index contributed by atoms with van der Waals surface area (Å²) in [5, 5.41) is 7.25. The van der Waals surface area contributed by atoms with E-state index in [1.54, 1.807) is 41.7 Å². The molecule has 7 nitrogen and oxygen atoms in total. The third-order valence-corrected chi connectivity index (χ3v) is 5.88. The number of thiazole rings is 1. The van der Waals surface area contributed by atoms with Gasteiger partial charge in [-0.25, -0.2) is 10.4 Å². The lowest BCUT2D eigenvalue weighted by atomic mass is 10.2. The van der Waals surface area contributed by atoms with Gasteiger partial charge in [0.15, 0.2) is 9.43 Å². The van der Waals surface area contributed by atoms with Crippen LogP contribution in [0.2, 0.25) is 0 Å². The molecular formula is C21H16N4O3S2. The Labute approximate surface area is 180 Å². The molecule has 30 heavy (non-hydrogen) atoms. The number of nitrogens with one attached hydrogen (secondary N) is 2. The van der Waals surface area contributed by atoms with E-state index in [0.29, 0.717) is 22.1 Å². The van der Waals surface area contributed by atoms with Crippen LogP contribution in [0.5, 0.6) is 0 Å². The van der Waals surface area contributed by atoms with Crippen molar-refractivity contribution in [3.63, 3.8) is 0 Å². The van der Waals surface area contributed by atoms with Crippen molar-refractivity contribution in [2.75, 3.05) is 5.32 Å². The zero-order valence-electron chi connectivity index (χ0n) is 15.8. The summed E-state index contributed by atoms with van der Waals surface area (Å²) in [5.74, 6) is -0.0945. The number of aromatic nitrogens is 1. The molecule has 2 heterocycles. The Morgan fingerprint density at radius 2 is 2.00 bits per heavy atom. The van der Waals surface area contributed by atoms with Crippen molar-refractivity contribution in [3.05, 3.63) is 72.0 Å². The van der Waals surface area contributed by atoms with Gasteiger partial charge in [-0.2, -0.15) is 5.10 Å². The SMILES string of the molecule is CC(=O)Nc1cccc(C(=O)NN=Cc2ccc(Sc3nc4ccccc4s3)o2)c1. The average Bonchev–Trinajstić information content (AvgIpc) is 3.34. The molecule has 0 saturated heterocycles. The third kappa shape index (κ3) is 4.94. The largest absolute Gasteiger partial charge is 0.448 e. The molecule has 0 aliphatic carbocycles. The van der Waals surface area contributed by atoms with E-state index < -0.39 is 5.91 Å². The van der Waals surface area contributed by atoms with Gasteiger partial charge in [0.1, 0.15) is 5.76 Å². The van der Waals surface area contributed by atoms with Crippen molar-refractivity contribution >= 4 is 57.0 Å². The number of hydrazone groups is 1. The van der Waals surface area contributed by atoms with Crippen LogP contribution in [0.4, 0.5) is 5.69 Å². The summed E-state index contributed by atoms with van der Waals surface area (Å²) in [5.41, 5.74) is 4.33. The summed E-state index contributed by atoms with van der Waals surface area (Å²) in [6.07, 6.45) is 1.43. The molecule has 0 aliphatic rings. The van der Waals surface area contributed by atoms with Crippen LogP contribution < -0.4 is 10.7 Å². The van der Waals surface area contributed by atoms with Gasteiger partial charge < -0.3 is 9.73 Å². The fourth-order valence-electron chi connectivity index (χ4n) is 2.60. The van der Waals surface area contributed by atoms with Crippen molar-refractivity contribution in [3.8, 4) is 0 Å². The molecule has 4 aromatic rings. The predicted octanol–water partition coefficient (Wildman–Crippen LogP) is 4.76. The van der Waals surface area contributed by atoms with Gasteiger partial charge in [-0.15, -0.1) is 11.3 Å². The maximum atomic E-state index is 12.2. The molecule has 0 bridgehead atoms. The molecule has 2 N–H and O–H groups in total. The number of nitrogens with zero attached hydrogens (tertiary/aromatic N) is 2. The molecule has 0 unspecified atom stereocenters. The quantitative estimate of drug-likeness (QED) is 0.335. The first kappa shape index (κ1) is 19.9. The number of hydrogen-bond acceptors (Lipinski definition) is 7. The normalized spacial score (nSPS) is 11.1. The van der Waals surface area contributed by atoms with Crippen LogP contribution in [0.15, 0.2) is 79.6 Å². The van der Waals surface area contributed by atoms with Gasteiger partial charge in [-0.3, -0.25) is 9.59 Å². The first-order valence-electron chi connectivity index (χ1n) is 8.91. The Balaban J connectivity index is 1.36. The highest BCUT2D eigenvalue weighted by atomic mass is 32.2. The summed E-state index contributed by atoms with van der Waals surface area (Å²) in [4.78, 5) is 27.9. The van der Waals surface area contributed by atoms with Crippen LogP contribution in [0.3, 0.4) is 0 Å². The smallest absolute Gasteiger partial charge is 0.271 e. The maximum Gasteiger partial charge on any atom is 0.271 e. The lowest BCUT2D eigenvalue weighted by Crippen LogP contribution is -2.18. The lowest BCUT2D eigenvalue weighted by molar-refractivity contribution is -0.114. The van der Waals surface area contributed by atoms with Gasteiger partial charge >= 0.3 is 0 Å². The lowest BCUT2D eigenvalue weighted by Gasteiger charge is -2.04. The minimum Gasteiger partial charge on any atom is -0.448 e. The topological polar surface area (TPSA) is 96.6 Å². The molecule has 2 aromatic carbocycles. The second kappa shape index (κ2) is 8.93. The molecule has 2 amide bonds. The maximum absolute atomic E-state index is 12.2. The predicted molar refractivity (Wildman–Crippen MR) is 118 cm³/mol. The molecule has 0 atom stereocenters. The van der Waals surface area contributed by atoms with Crippen molar-refractivity contribution in [2.24, 2.45) is 5.10 Å². The number of para-hydroxylation sites is 1. The number of benzene rings is 2. The van der Waals surface area contributed by atoms with Gasteiger partial charge in [0.25, 0.3) is 5.91 Å². The second-order valence-electron chi connectivity index (χ2n) is 6.17. The fraction of sp³-hybridized carbons (Fsp3) is 0.0476. The van der Waals surface area contributed by atoms with Crippen LogP contribution in [-0.4, -0.2) is 23.0 Å². The molecule has 0 aliphatic heterocycles. The molecule has 2 aromatic heterocycles. The van der Waals surface area contributed by atoms with Crippen molar-refractivity contribution in [2.45, 2.75) is 16.4 Å². The van der Waals surface area contributed by atoms with E-state index >= 15 is 0 Å². The van der Waals surface area contributed by atoms with Crippen molar-refractivity contribution in [1.29, 1.82) is 0 Å². The summed E-state index contributed by atoms with van der Waals surface area (Å²) in [6, 6.07) is 18.2. The number of hydrogen-bond donors (Lipinski definition) is 2. The molecule has 0 spiro atoms. The number of rotatable bonds is 6. The van der Waals surface area contributed by atoms with Crippen molar-refractivity contribution in [1.82, 2.24) is 10.4 Å². The standard InChI is InChI=1S/C21H16N4O3S2/c1-13(26)23-15-6-4-5-14(11-15)20(27)25-22-12-16-9-10-19(28-16)30-21-24-17-7-2-3-8-18(17)29-21/h2-12H,1H3,(H,23,26)(H,25,27). The Kier molecular flexibility index (Phi) is 5.92. The molecule has 0 fully saturated rings. The van der Waals surface area contributed by atoms with Crippen LogP contribution in [0.25, 0.3) is 10.2 Å². The summed E-state index contributed by atoms with van der Waals surface area (Å²) in [7, 11) is 0. The number of fused-ring (bicyclic) bond motifs is 1. The van der Waals surface area contributed by atoms with E-state index in [0.717, 1.165) is 14.6 Å². The average molecular weight is 437 g/mol. The first-order valence-corrected chi connectivity index (χ1v) is 10.5. The van der Waals surface area contributed by atoms with Crippen LogP contribution >= 0.6 is 23.1 Å². The van der Waals surface area contributed by atoms with E-state index in [-0.39, 0.29) is 5.91 Å². The summed E-state index contributed by atoms with van der Waals surface area (Å²) < 4.78 is 7.73. The minimum atomic E-state index is -0.394. The highest BCUT2D eigenvalue weighted by Gasteiger charge is 2.09. The Morgan fingerprint density at radius 3 is 2.83 bits per heavy atom. The number of anilines is 1. The van der Waals surface area contributed by atoms with E-state index in [2.05, 4.69) is 20.8 Å². The minimum absolute atomic E-state index is 0.206. The van der Waals surface area contributed by atoms with E-state index in [4.69, 9.17) is 4.42 Å². The Hall–Kier alpha value is -3.43. The fourth-order valence-corrected chi connectivity index (χ4v) is 4.57. The third-order valence-electron chi connectivity index (χ3n) is 3.87. The number of amides is 2. The van der Waals surface area contributed by atoms with Gasteiger partial charge in [-0.1, -0.05) is 18.2 Å². The molecular weight excluding hydrogens is 420 g/mol. The van der Waals surface area contributed by atoms with Crippen molar-refractivity contribution < 1.29 is 14.0 Å². The van der Waals surface area contributed by atoms with E-state index in [1.807, 2.05) is 30.3 Å². The Bertz CT molecular complexity index is 1210. The molecule has 0 radical (unpaired) electrons. The highest BCUT2D eigenvalue weighted by Crippen LogP contribution is 2.34. The summed E-state index contributed by atoms with van der Waals surface area (Å²) >= 11 is 3.03. The summed E-state index contributed by atoms with van der Waals surface area (Å²) in [6.45, 7) is 1.41. The van der Waals surface area contributed by atoms with Crippen LogP contribution in [-0.2, 0) is 4.79 Å². The number of furan rings is 1. The van der Waals surface area contributed by atoms with Gasteiger partial charge in [0.05, 0.1) is 16.4 Å². The zero-order valence-corrected chi connectivity index (χ0v) is 17.4. The first-order chi connectivity index (χ1) is 14.6. The van der Waals surface area contributed by atoms with Gasteiger partial charge in [0.2, 0.25) is 5.91 Å². The van der Waals surface area contributed by atoms with E-state index in [1.165, 1.54) is 24.9 Å². The number of carbonyl (C=O) groups excluding carboxylic acids is 2. The van der Waals surface area contributed by atoms with E-state index in [9.17, 15) is 9.59 Å². The van der Waals surface area contributed by atoms with Crippen LogP contribution in [0.1, 0.15) is 23.0 Å². The Morgan fingerprint density at radius 1 is 1.13 bits per heavy atom. The molecule has 4 rings (SSSR count). The zero-order chi connectivity index (χ0) is 20.9. The molecule has 0 saturated carbocycles. The monoisotopic (exact) mass is 436 g/mol. The van der Waals surface area contributed by atoms with Crippen LogP contribution in [0, 0.1) is 0 Å². The molecule has 150 valence electrons. The van der Waals surface area contributed by atoms with Gasteiger partial charge in [0, 0.05) is 18.2 Å². The second-order valence-corrected chi connectivity index (χ2v) is 8.45. The number of carbonyl (C=O) groups is 2. The van der Waals surface area contributed by atoms with Gasteiger partial charge in [-0.05, 0) is 54.2 Å². The molecule has 9 heteroatoms. The highest BCUT2D eigenvalue weighted by molar-refractivity contribution is 8.01.